The van der Waals surface area contributed by atoms with E-state index in [-0.39, 0.29) is 11.4 Å². The summed E-state index contributed by atoms with van der Waals surface area (Å²) in [6.07, 6.45) is 5.99. The van der Waals surface area contributed by atoms with Crippen molar-refractivity contribution in [2.45, 2.75) is 88.4 Å². The molecule has 0 unspecified atom stereocenters. The second-order valence-corrected chi connectivity index (χ2v) is 14.1. The highest BCUT2D eigenvalue weighted by atomic mass is 19.1. The van der Waals surface area contributed by atoms with Crippen LogP contribution in [0.1, 0.15) is 77.1 Å². The average molecular weight is 631 g/mol. The molecule has 1 spiro atoms. The molecule has 3 atom stereocenters. The molecule has 46 heavy (non-hydrogen) atoms. The first-order valence-corrected chi connectivity index (χ1v) is 16.7. The predicted molar refractivity (Wildman–Crippen MR) is 170 cm³/mol. The zero-order chi connectivity index (χ0) is 31.6. The van der Waals surface area contributed by atoms with Crippen LogP contribution in [0.3, 0.4) is 0 Å². The molecule has 0 saturated carbocycles. The average Bonchev–Trinajstić information content (AvgIpc) is 3.66. The summed E-state index contributed by atoms with van der Waals surface area (Å²) in [6.45, 7) is 4.14. The highest BCUT2D eigenvalue weighted by Crippen LogP contribution is 2.47. The summed E-state index contributed by atoms with van der Waals surface area (Å²) < 4.78 is 29.8. The monoisotopic (exact) mass is 630 g/mol. The van der Waals surface area contributed by atoms with Crippen molar-refractivity contribution < 1.29 is 18.7 Å². The zero-order valence-corrected chi connectivity index (χ0v) is 26.8. The number of aromatic nitrogens is 4. The van der Waals surface area contributed by atoms with E-state index in [0.29, 0.717) is 57.4 Å². The molecule has 8 rings (SSSR count). The molecule has 2 saturated heterocycles. The van der Waals surface area contributed by atoms with Gasteiger partial charge in [-0.05, 0) is 74.4 Å². The van der Waals surface area contributed by atoms with Gasteiger partial charge in [-0.2, -0.15) is 15.1 Å². The Kier molecular flexibility index (Phi) is 7.20. The number of nitrogen functional groups attached to an aromatic ring is 1. The van der Waals surface area contributed by atoms with E-state index in [0.717, 1.165) is 85.6 Å². The number of nitrogens with zero attached hydrogens (tertiary/aromatic N) is 7. The van der Waals surface area contributed by atoms with Gasteiger partial charge in [0.15, 0.2) is 5.69 Å². The molecular formula is C34H43FN8O3. The van der Waals surface area contributed by atoms with Crippen LogP contribution in [-0.4, -0.2) is 87.5 Å². The number of benzene rings is 1. The highest BCUT2D eigenvalue weighted by molar-refractivity contribution is 5.92. The molecule has 244 valence electrons. The van der Waals surface area contributed by atoms with E-state index < -0.39 is 11.8 Å². The summed E-state index contributed by atoms with van der Waals surface area (Å²) in [5.41, 5.74) is 12.0. The number of hydrogen-bond acceptors (Lipinski definition) is 9. The maximum Gasteiger partial charge on any atom is 0.318 e. The first-order chi connectivity index (χ1) is 22.2. The number of carbonyl (C=O) groups excluding carboxylic acids is 1. The lowest BCUT2D eigenvalue weighted by molar-refractivity contribution is -0.0855. The van der Waals surface area contributed by atoms with E-state index in [1.165, 1.54) is 5.56 Å². The van der Waals surface area contributed by atoms with Crippen molar-refractivity contribution in [3.63, 3.8) is 0 Å². The minimum absolute atomic E-state index is 0.114. The Morgan fingerprint density at radius 1 is 1.15 bits per heavy atom. The number of amides is 1. The smallest absolute Gasteiger partial charge is 0.318 e. The number of anilines is 2. The van der Waals surface area contributed by atoms with Gasteiger partial charge in [-0.1, -0.05) is 6.07 Å². The number of aryl methyl sites for hydroxylation is 2. The molecule has 11 nitrogen and oxygen atoms in total. The van der Waals surface area contributed by atoms with Gasteiger partial charge >= 0.3 is 6.01 Å². The molecular weight excluding hydrogens is 587 g/mol. The molecule has 2 aromatic heterocycles. The topological polar surface area (TPSA) is 115 Å². The van der Waals surface area contributed by atoms with Crippen LogP contribution in [0.2, 0.25) is 0 Å². The first kappa shape index (κ1) is 29.6. The molecule has 2 fully saturated rings. The Morgan fingerprint density at radius 3 is 2.91 bits per heavy atom. The van der Waals surface area contributed by atoms with Gasteiger partial charge in [0.1, 0.15) is 18.6 Å². The second-order valence-electron chi connectivity index (χ2n) is 14.1. The molecule has 12 heteroatoms. The van der Waals surface area contributed by atoms with Crippen LogP contribution in [0, 0.1) is 0 Å². The Morgan fingerprint density at radius 2 is 2.04 bits per heavy atom. The van der Waals surface area contributed by atoms with Gasteiger partial charge in [0.25, 0.3) is 5.91 Å². The van der Waals surface area contributed by atoms with E-state index >= 15 is 0 Å². The molecule has 0 bridgehead atoms. The van der Waals surface area contributed by atoms with Crippen LogP contribution in [0.5, 0.6) is 6.01 Å². The third-order valence-corrected chi connectivity index (χ3v) is 10.8. The fraction of sp³-hybridized carbons (Fsp3) is 0.588. The summed E-state index contributed by atoms with van der Waals surface area (Å²) in [5, 5.41) is 4.63. The third-order valence-electron chi connectivity index (χ3n) is 10.8. The summed E-state index contributed by atoms with van der Waals surface area (Å²) in [4.78, 5) is 28.9. The summed E-state index contributed by atoms with van der Waals surface area (Å²) in [5.74, 6) is 0.682. The number of nitrogens with two attached hydrogens (primary N) is 1. The van der Waals surface area contributed by atoms with E-state index in [9.17, 15) is 9.18 Å². The molecule has 1 aromatic carbocycles. The molecule has 0 radical (unpaired) electrons. The van der Waals surface area contributed by atoms with Gasteiger partial charge < -0.3 is 25.0 Å². The van der Waals surface area contributed by atoms with Crippen LogP contribution in [0.25, 0.3) is 0 Å². The van der Waals surface area contributed by atoms with Crippen molar-refractivity contribution in [1.29, 1.82) is 0 Å². The van der Waals surface area contributed by atoms with Crippen molar-refractivity contribution in [2.75, 3.05) is 51.0 Å². The van der Waals surface area contributed by atoms with Crippen LogP contribution >= 0.6 is 0 Å². The predicted octanol–water partition coefficient (Wildman–Crippen LogP) is 3.63. The number of rotatable bonds is 5. The first-order valence-electron chi connectivity index (χ1n) is 16.7. The molecule has 1 aliphatic carbocycles. The van der Waals surface area contributed by atoms with Crippen molar-refractivity contribution in [3.8, 4) is 6.01 Å². The van der Waals surface area contributed by atoms with Gasteiger partial charge in [-0.3, -0.25) is 14.4 Å². The third kappa shape index (κ3) is 5.00. The fourth-order valence-electron chi connectivity index (χ4n) is 8.54. The number of carbonyl (C=O) groups is 1. The van der Waals surface area contributed by atoms with Gasteiger partial charge in [0.2, 0.25) is 0 Å². The maximum absolute atomic E-state index is 14.6. The Bertz CT molecular complexity index is 1680. The molecule has 3 aromatic rings. The SMILES string of the molecule is CN(C)C(=O)c1cc2n(n1)CCCN(c1nc(OC[C@@]34CCCN3C[C@H](F)C4)nc3c1CO[C@]1(CCCc4ccc(N)cc41)C3)C2. The van der Waals surface area contributed by atoms with Gasteiger partial charge in [-0.15, -0.1) is 0 Å². The van der Waals surface area contributed by atoms with Crippen LogP contribution in [0.4, 0.5) is 15.9 Å². The largest absolute Gasteiger partial charge is 0.461 e. The quantitative estimate of drug-likeness (QED) is 0.422. The molecule has 4 aliphatic heterocycles. The van der Waals surface area contributed by atoms with Gasteiger partial charge in [0, 0.05) is 57.8 Å². The molecule has 1 amide bonds. The van der Waals surface area contributed by atoms with Crippen molar-refractivity contribution in [1.82, 2.24) is 29.5 Å². The second kappa shape index (κ2) is 11.2. The van der Waals surface area contributed by atoms with Crippen molar-refractivity contribution in [2.24, 2.45) is 0 Å². The number of halogens is 1. The summed E-state index contributed by atoms with van der Waals surface area (Å²) >= 11 is 0. The number of hydrogen-bond donors (Lipinski definition) is 1. The van der Waals surface area contributed by atoms with E-state index in [2.05, 4.69) is 27.0 Å². The Hall–Kier alpha value is -3.77. The summed E-state index contributed by atoms with van der Waals surface area (Å²) in [6, 6.07) is 8.40. The molecule has 5 aliphatic rings. The standard InChI is InChI=1S/C34H43FN8O3/c1-40(2)31(44)28-15-25-19-41(11-5-13-43(25)39-28)30-26-20-46-34(10-3-6-22-7-8-24(36)14-27(22)34)17-29(26)37-32(38-30)45-21-33-9-4-12-42(33)18-23(35)16-33/h7-8,14-15,23H,3-6,9-13,16-21,36H2,1-2H3/t23-,33+,34-/m1/s1. The van der Waals surface area contributed by atoms with Gasteiger partial charge in [-0.25, -0.2) is 4.39 Å². The van der Waals surface area contributed by atoms with Crippen LogP contribution < -0.4 is 15.4 Å². The molecule has 6 heterocycles. The van der Waals surface area contributed by atoms with E-state index in [1.54, 1.807) is 19.0 Å². The van der Waals surface area contributed by atoms with Crippen LogP contribution in [-0.2, 0) is 42.9 Å². The fourth-order valence-corrected chi connectivity index (χ4v) is 8.54. The lowest BCUT2D eigenvalue weighted by Crippen LogP contribution is -2.44. The lowest BCUT2D eigenvalue weighted by Gasteiger charge is -2.43. The van der Waals surface area contributed by atoms with Crippen LogP contribution in [0.15, 0.2) is 24.3 Å². The number of alkyl halides is 1. The van der Waals surface area contributed by atoms with Crippen molar-refractivity contribution in [3.05, 3.63) is 58.0 Å². The highest BCUT2D eigenvalue weighted by Gasteiger charge is 2.50. The summed E-state index contributed by atoms with van der Waals surface area (Å²) in [7, 11) is 3.48. The zero-order valence-electron chi connectivity index (χ0n) is 26.8. The lowest BCUT2D eigenvalue weighted by atomic mass is 9.74. The molecule has 2 N–H and O–H groups in total. The van der Waals surface area contributed by atoms with Crippen molar-refractivity contribution >= 4 is 17.4 Å². The minimum Gasteiger partial charge on any atom is -0.461 e. The number of ether oxygens (including phenoxy) is 2. The maximum atomic E-state index is 14.6. The number of fused-ring (bicyclic) bond motifs is 5. The normalized spacial score (nSPS) is 27.1. The minimum atomic E-state index is -0.828. The Balaban J connectivity index is 1.16. The van der Waals surface area contributed by atoms with E-state index in [4.69, 9.17) is 25.2 Å². The van der Waals surface area contributed by atoms with Gasteiger partial charge in [0.05, 0.1) is 35.7 Å². The Labute approximate surface area is 268 Å². The van der Waals surface area contributed by atoms with E-state index in [1.807, 2.05) is 16.8 Å².